The Labute approximate surface area is 176 Å². The van der Waals surface area contributed by atoms with Crippen LogP contribution in [0.3, 0.4) is 0 Å². The highest BCUT2D eigenvalue weighted by Gasteiger charge is 2.27. The van der Waals surface area contributed by atoms with Crippen LogP contribution in [0.15, 0.2) is 53.4 Å². The molecule has 0 aromatic heterocycles. The van der Waals surface area contributed by atoms with Crippen LogP contribution in [-0.4, -0.2) is 55.2 Å². The summed E-state index contributed by atoms with van der Waals surface area (Å²) in [6, 6.07) is 16.6. The van der Waals surface area contributed by atoms with E-state index in [4.69, 9.17) is 0 Å². The van der Waals surface area contributed by atoms with Crippen molar-refractivity contribution >= 4 is 29.3 Å². The van der Waals surface area contributed by atoms with Gasteiger partial charge in [0.05, 0.1) is 37.6 Å². The van der Waals surface area contributed by atoms with Crippen LogP contribution < -0.4 is 9.80 Å². The number of hydrogen-bond acceptors (Lipinski definition) is 3. The van der Waals surface area contributed by atoms with E-state index in [-0.39, 0.29) is 11.8 Å². The molecule has 2 aromatic carbocycles. The van der Waals surface area contributed by atoms with E-state index in [0.29, 0.717) is 18.7 Å². The molecule has 2 aliphatic rings. The normalized spacial score (nSPS) is 17.3. The van der Waals surface area contributed by atoms with Gasteiger partial charge >= 0.3 is 0 Å². The quantitative estimate of drug-likeness (QED) is 0.817. The van der Waals surface area contributed by atoms with Crippen molar-refractivity contribution in [2.75, 3.05) is 43.4 Å². The number of aryl methyl sites for hydroxylation is 1. The summed E-state index contributed by atoms with van der Waals surface area (Å²) in [5.74, 6) is 0.698. The number of nitrogens with zero attached hydrogens (tertiary/aromatic N) is 2. The number of fused-ring (bicyclic) bond motifs is 1. The molecule has 2 amide bonds. The van der Waals surface area contributed by atoms with Gasteiger partial charge in [-0.2, -0.15) is 0 Å². The topological polar surface area (TPSA) is 45.1 Å². The molecular weight excluding hydrogens is 382 g/mol. The van der Waals surface area contributed by atoms with Gasteiger partial charge in [-0.25, -0.2) is 0 Å². The SMILES string of the molecule is Cc1cccc(C[NH+]2CCN(C(=O)CCN3C(=O)CSc4ccccc43)CC2)c1. The van der Waals surface area contributed by atoms with Crippen LogP contribution in [0.1, 0.15) is 17.5 Å². The standard InChI is InChI=1S/C23H27N3O2S/c1-18-5-4-6-19(15-18)16-24-11-13-25(14-12-24)22(27)9-10-26-20-7-2-3-8-21(20)29-17-23(26)28/h2-8,15H,9-14,16-17H2,1H3/p+1. The zero-order valence-electron chi connectivity index (χ0n) is 16.9. The first-order chi connectivity index (χ1) is 14.1. The molecule has 0 spiro atoms. The number of para-hydroxylation sites is 1. The van der Waals surface area contributed by atoms with Crippen molar-refractivity contribution in [1.29, 1.82) is 0 Å². The molecule has 0 aliphatic carbocycles. The van der Waals surface area contributed by atoms with E-state index in [1.165, 1.54) is 16.0 Å². The number of carbonyl (C=O) groups excluding carboxylic acids is 2. The number of nitrogens with one attached hydrogen (secondary N) is 1. The molecule has 6 heteroatoms. The fraction of sp³-hybridized carbons (Fsp3) is 0.391. The fourth-order valence-corrected chi connectivity index (χ4v) is 5.06. The molecule has 152 valence electrons. The Bertz CT molecular complexity index is 893. The minimum absolute atomic E-state index is 0.0916. The van der Waals surface area contributed by atoms with Crippen LogP contribution in [-0.2, 0) is 16.1 Å². The second-order valence-corrected chi connectivity index (χ2v) is 8.87. The number of amides is 2. The Morgan fingerprint density at radius 1 is 1.10 bits per heavy atom. The summed E-state index contributed by atoms with van der Waals surface area (Å²) in [7, 11) is 0. The molecule has 2 heterocycles. The molecule has 1 N–H and O–H groups in total. The fourth-order valence-electron chi connectivity index (χ4n) is 4.12. The van der Waals surface area contributed by atoms with Crippen molar-refractivity contribution in [2.24, 2.45) is 0 Å². The first-order valence-corrected chi connectivity index (χ1v) is 11.3. The third-order valence-electron chi connectivity index (χ3n) is 5.72. The van der Waals surface area contributed by atoms with Crippen LogP contribution in [0.5, 0.6) is 0 Å². The number of piperazine rings is 1. The minimum atomic E-state index is 0.0916. The second-order valence-electron chi connectivity index (χ2n) is 7.85. The van der Waals surface area contributed by atoms with Gasteiger partial charge in [0.2, 0.25) is 11.8 Å². The molecule has 5 nitrogen and oxygen atoms in total. The summed E-state index contributed by atoms with van der Waals surface area (Å²) in [6.07, 6.45) is 0.387. The zero-order chi connectivity index (χ0) is 20.2. The third kappa shape index (κ3) is 4.82. The minimum Gasteiger partial charge on any atom is -0.331 e. The highest BCUT2D eigenvalue weighted by Crippen LogP contribution is 2.34. The van der Waals surface area contributed by atoms with Gasteiger partial charge in [-0.05, 0) is 19.1 Å². The van der Waals surface area contributed by atoms with Gasteiger partial charge in [-0.3, -0.25) is 9.59 Å². The number of thioether (sulfide) groups is 1. The summed E-state index contributed by atoms with van der Waals surface area (Å²) in [5.41, 5.74) is 3.59. The van der Waals surface area contributed by atoms with E-state index in [9.17, 15) is 9.59 Å². The van der Waals surface area contributed by atoms with Crippen molar-refractivity contribution in [3.8, 4) is 0 Å². The van der Waals surface area contributed by atoms with Gasteiger partial charge in [0, 0.05) is 23.4 Å². The molecule has 0 saturated carbocycles. The highest BCUT2D eigenvalue weighted by atomic mass is 32.2. The predicted molar refractivity (Wildman–Crippen MR) is 116 cm³/mol. The van der Waals surface area contributed by atoms with E-state index < -0.39 is 0 Å². The summed E-state index contributed by atoms with van der Waals surface area (Å²) in [4.78, 5) is 31.5. The second kappa shape index (κ2) is 9.01. The predicted octanol–water partition coefficient (Wildman–Crippen LogP) is 1.75. The highest BCUT2D eigenvalue weighted by molar-refractivity contribution is 8.00. The largest absolute Gasteiger partial charge is 0.331 e. The molecule has 0 bridgehead atoms. The van der Waals surface area contributed by atoms with Gasteiger partial charge < -0.3 is 14.7 Å². The Hall–Kier alpha value is -2.31. The van der Waals surface area contributed by atoms with Gasteiger partial charge in [0.25, 0.3) is 0 Å². The molecule has 0 unspecified atom stereocenters. The number of carbonyl (C=O) groups is 2. The van der Waals surface area contributed by atoms with Crippen LogP contribution in [0, 0.1) is 6.92 Å². The number of hydrogen-bond donors (Lipinski definition) is 1. The van der Waals surface area contributed by atoms with Crippen molar-refractivity contribution < 1.29 is 14.5 Å². The molecular formula is C23H28N3O2S+. The molecule has 2 aliphatic heterocycles. The smallest absolute Gasteiger partial charge is 0.237 e. The lowest BCUT2D eigenvalue weighted by Crippen LogP contribution is -3.13. The summed E-state index contributed by atoms with van der Waals surface area (Å²) >= 11 is 1.58. The maximum absolute atomic E-state index is 12.7. The van der Waals surface area contributed by atoms with E-state index in [0.717, 1.165) is 43.3 Å². The van der Waals surface area contributed by atoms with Crippen LogP contribution >= 0.6 is 11.8 Å². The van der Waals surface area contributed by atoms with E-state index >= 15 is 0 Å². The summed E-state index contributed by atoms with van der Waals surface area (Å²) in [6.45, 7) is 7.13. The van der Waals surface area contributed by atoms with Crippen LogP contribution in [0.25, 0.3) is 0 Å². The number of rotatable bonds is 5. The van der Waals surface area contributed by atoms with Gasteiger partial charge in [-0.15, -0.1) is 11.8 Å². The Morgan fingerprint density at radius 3 is 2.69 bits per heavy atom. The first-order valence-electron chi connectivity index (χ1n) is 10.3. The molecule has 29 heavy (non-hydrogen) atoms. The Morgan fingerprint density at radius 2 is 1.90 bits per heavy atom. The lowest BCUT2D eigenvalue weighted by atomic mass is 10.1. The molecule has 0 radical (unpaired) electrons. The first kappa shape index (κ1) is 20.0. The van der Waals surface area contributed by atoms with Crippen molar-refractivity contribution in [2.45, 2.75) is 24.8 Å². The maximum Gasteiger partial charge on any atom is 0.237 e. The number of quaternary nitrogens is 1. The monoisotopic (exact) mass is 410 g/mol. The summed E-state index contributed by atoms with van der Waals surface area (Å²) in [5, 5.41) is 0. The Kier molecular flexibility index (Phi) is 6.21. The average molecular weight is 411 g/mol. The van der Waals surface area contributed by atoms with Crippen molar-refractivity contribution in [3.05, 3.63) is 59.7 Å². The van der Waals surface area contributed by atoms with Crippen LogP contribution in [0.2, 0.25) is 0 Å². The molecule has 4 rings (SSSR count). The molecule has 1 fully saturated rings. The lowest BCUT2D eigenvalue weighted by molar-refractivity contribution is -0.917. The maximum atomic E-state index is 12.7. The van der Waals surface area contributed by atoms with Crippen LogP contribution in [0.4, 0.5) is 5.69 Å². The van der Waals surface area contributed by atoms with Gasteiger partial charge in [-0.1, -0.05) is 42.0 Å². The average Bonchev–Trinajstić information content (AvgIpc) is 2.73. The van der Waals surface area contributed by atoms with Gasteiger partial charge in [0.1, 0.15) is 6.54 Å². The van der Waals surface area contributed by atoms with Crippen molar-refractivity contribution in [1.82, 2.24) is 4.90 Å². The molecule has 2 aromatic rings. The van der Waals surface area contributed by atoms with E-state index in [1.807, 2.05) is 29.2 Å². The molecule has 1 saturated heterocycles. The lowest BCUT2D eigenvalue weighted by Gasteiger charge is -2.33. The number of benzene rings is 2. The Balaban J connectivity index is 1.28. The van der Waals surface area contributed by atoms with Gasteiger partial charge in [0.15, 0.2) is 0 Å². The van der Waals surface area contributed by atoms with Crippen molar-refractivity contribution in [3.63, 3.8) is 0 Å². The molecule has 0 atom stereocenters. The number of anilines is 1. The van der Waals surface area contributed by atoms with E-state index in [2.05, 4.69) is 31.2 Å². The third-order valence-corrected chi connectivity index (χ3v) is 6.76. The van der Waals surface area contributed by atoms with E-state index in [1.54, 1.807) is 16.7 Å². The zero-order valence-corrected chi connectivity index (χ0v) is 17.7. The summed E-state index contributed by atoms with van der Waals surface area (Å²) < 4.78 is 0.